The van der Waals surface area contributed by atoms with Gasteiger partial charge >= 0.3 is 0 Å². The molecule has 19 heavy (non-hydrogen) atoms. The summed E-state index contributed by atoms with van der Waals surface area (Å²) in [4.78, 5) is 10.5. The quantitative estimate of drug-likeness (QED) is 0.841. The number of ether oxygens (including phenoxy) is 1. The lowest BCUT2D eigenvalue weighted by atomic mass is 10.1. The third-order valence-corrected chi connectivity index (χ3v) is 3.81. The van der Waals surface area contributed by atoms with Crippen LogP contribution in [0.25, 0.3) is 0 Å². The van der Waals surface area contributed by atoms with Crippen LogP contribution in [0, 0.1) is 0 Å². The normalized spacial score (nSPS) is 17.5. The van der Waals surface area contributed by atoms with Crippen LogP contribution < -0.4 is 4.74 Å². The second-order valence-corrected chi connectivity index (χ2v) is 5.39. The summed E-state index contributed by atoms with van der Waals surface area (Å²) < 4.78 is 5.81. The fraction of sp³-hybridized carbons (Fsp3) is 0.500. The van der Waals surface area contributed by atoms with Crippen LogP contribution in [0.1, 0.15) is 17.8 Å². The number of hydrogen-bond donors (Lipinski definition) is 0. The Bertz CT molecular complexity index is 484. The van der Waals surface area contributed by atoms with Gasteiger partial charge in [-0.05, 0) is 12.8 Å². The first-order chi connectivity index (χ1) is 9.40. The van der Waals surface area contributed by atoms with Crippen molar-refractivity contribution in [2.75, 3.05) is 13.1 Å². The monoisotopic (exact) mass is 277 g/mol. The fourth-order valence-electron chi connectivity index (χ4n) is 2.16. The Labute approximate surface area is 115 Å². The zero-order chi connectivity index (χ0) is 12.9. The Kier molecular flexibility index (Phi) is 3.95. The maximum absolute atomic E-state index is 5.81. The molecule has 0 saturated carbocycles. The molecule has 2 aromatic heterocycles. The maximum Gasteiger partial charge on any atom is 0.232 e. The van der Waals surface area contributed by atoms with Crippen LogP contribution >= 0.6 is 11.3 Å². The molecule has 0 aliphatic carbocycles. The van der Waals surface area contributed by atoms with E-state index in [1.165, 1.54) is 0 Å². The number of nitrogens with zero attached hydrogens (tertiary/aromatic N) is 5. The molecule has 3 heterocycles. The second kappa shape index (κ2) is 6.03. The van der Waals surface area contributed by atoms with E-state index in [4.69, 9.17) is 4.74 Å². The smallest absolute Gasteiger partial charge is 0.232 e. The molecule has 0 N–H and O–H groups in total. The molecule has 0 aromatic carbocycles. The summed E-state index contributed by atoms with van der Waals surface area (Å²) in [5.74, 6) is 0.616. The minimum absolute atomic E-state index is 0.238. The summed E-state index contributed by atoms with van der Waals surface area (Å²) in [6.45, 7) is 2.93. The van der Waals surface area contributed by atoms with Gasteiger partial charge < -0.3 is 4.74 Å². The van der Waals surface area contributed by atoms with Crippen LogP contribution in [0.5, 0.6) is 5.88 Å². The van der Waals surface area contributed by atoms with Crippen LogP contribution in [0.2, 0.25) is 0 Å². The molecule has 100 valence electrons. The van der Waals surface area contributed by atoms with E-state index < -0.39 is 0 Å². The first kappa shape index (κ1) is 12.4. The minimum Gasteiger partial charge on any atom is -0.473 e. The van der Waals surface area contributed by atoms with Gasteiger partial charge in [-0.15, -0.1) is 21.5 Å². The lowest BCUT2D eigenvalue weighted by Gasteiger charge is -2.31. The van der Waals surface area contributed by atoms with E-state index in [9.17, 15) is 0 Å². The highest BCUT2D eigenvalue weighted by molar-refractivity contribution is 7.09. The predicted octanol–water partition coefficient (Wildman–Crippen LogP) is 1.37. The molecular weight excluding hydrogens is 262 g/mol. The average Bonchev–Trinajstić information content (AvgIpc) is 2.95. The number of piperidine rings is 1. The van der Waals surface area contributed by atoms with Crippen molar-refractivity contribution in [2.45, 2.75) is 25.5 Å². The van der Waals surface area contributed by atoms with Gasteiger partial charge in [0.2, 0.25) is 5.88 Å². The molecule has 1 saturated heterocycles. The number of aromatic nitrogens is 4. The third kappa shape index (κ3) is 3.45. The van der Waals surface area contributed by atoms with E-state index in [2.05, 4.69) is 25.1 Å². The Morgan fingerprint density at radius 2 is 2.21 bits per heavy atom. The third-order valence-electron chi connectivity index (χ3n) is 3.13. The van der Waals surface area contributed by atoms with Gasteiger partial charge in [-0.2, -0.15) is 0 Å². The van der Waals surface area contributed by atoms with Crippen molar-refractivity contribution in [3.05, 3.63) is 29.1 Å². The molecule has 2 aromatic rings. The number of likely N-dealkylation sites (tertiary alicyclic amines) is 1. The standard InChI is InChI=1S/C12H15N5OS/c1-5-17(8-12-16-15-9-19-12)6-2-10(1)18-11-7-13-3-4-14-11/h3-4,7,9-10H,1-2,5-6,8H2. The Hall–Kier alpha value is -1.60. The molecular formula is C12H15N5OS. The van der Waals surface area contributed by atoms with Crippen molar-refractivity contribution in [1.29, 1.82) is 0 Å². The lowest BCUT2D eigenvalue weighted by molar-refractivity contribution is 0.0927. The highest BCUT2D eigenvalue weighted by atomic mass is 32.1. The SMILES string of the molecule is c1cnc(OC2CCN(Cc3nncs3)CC2)cn1. The molecule has 3 rings (SSSR count). The molecule has 0 unspecified atom stereocenters. The van der Waals surface area contributed by atoms with E-state index in [-0.39, 0.29) is 6.10 Å². The van der Waals surface area contributed by atoms with Crippen LogP contribution in [0.4, 0.5) is 0 Å². The molecule has 0 bridgehead atoms. The van der Waals surface area contributed by atoms with Crippen LogP contribution in [0.3, 0.4) is 0 Å². The van der Waals surface area contributed by atoms with E-state index >= 15 is 0 Å². The molecule has 1 aliphatic heterocycles. The summed E-state index contributed by atoms with van der Waals surface area (Å²) >= 11 is 1.61. The Balaban J connectivity index is 1.47. The molecule has 0 amide bonds. The zero-order valence-corrected chi connectivity index (χ0v) is 11.3. The highest BCUT2D eigenvalue weighted by Gasteiger charge is 2.21. The first-order valence-electron chi connectivity index (χ1n) is 6.30. The largest absolute Gasteiger partial charge is 0.473 e. The van der Waals surface area contributed by atoms with Gasteiger partial charge in [-0.3, -0.25) is 9.88 Å². The molecule has 7 heteroatoms. The Morgan fingerprint density at radius 1 is 1.32 bits per heavy atom. The summed E-state index contributed by atoms with van der Waals surface area (Å²) in [6.07, 6.45) is 7.22. The van der Waals surface area contributed by atoms with Gasteiger partial charge in [-0.25, -0.2) is 4.98 Å². The minimum atomic E-state index is 0.238. The van der Waals surface area contributed by atoms with E-state index in [1.807, 2.05) is 0 Å². The summed E-state index contributed by atoms with van der Waals surface area (Å²) in [5, 5.41) is 9.01. The highest BCUT2D eigenvalue weighted by Crippen LogP contribution is 2.18. The summed E-state index contributed by atoms with van der Waals surface area (Å²) in [6, 6.07) is 0. The number of rotatable bonds is 4. The molecule has 0 spiro atoms. The van der Waals surface area contributed by atoms with Crippen molar-refractivity contribution >= 4 is 11.3 Å². The van der Waals surface area contributed by atoms with Gasteiger partial charge in [0.25, 0.3) is 0 Å². The maximum atomic E-state index is 5.81. The van der Waals surface area contributed by atoms with Crippen molar-refractivity contribution in [2.24, 2.45) is 0 Å². The van der Waals surface area contributed by atoms with Crippen LogP contribution in [-0.2, 0) is 6.54 Å². The van der Waals surface area contributed by atoms with E-state index in [1.54, 1.807) is 35.4 Å². The van der Waals surface area contributed by atoms with Crippen LogP contribution in [-0.4, -0.2) is 44.3 Å². The topological polar surface area (TPSA) is 64.0 Å². The molecule has 1 aliphatic rings. The summed E-state index contributed by atoms with van der Waals surface area (Å²) in [7, 11) is 0. The van der Waals surface area contributed by atoms with Gasteiger partial charge in [0.15, 0.2) is 0 Å². The van der Waals surface area contributed by atoms with Gasteiger partial charge in [0.1, 0.15) is 16.6 Å². The van der Waals surface area contributed by atoms with Gasteiger partial charge in [0.05, 0.1) is 12.7 Å². The van der Waals surface area contributed by atoms with E-state index in [0.29, 0.717) is 5.88 Å². The Morgan fingerprint density at radius 3 is 2.89 bits per heavy atom. The van der Waals surface area contributed by atoms with Crippen molar-refractivity contribution in [3.63, 3.8) is 0 Å². The lowest BCUT2D eigenvalue weighted by Crippen LogP contribution is -2.37. The fourth-order valence-corrected chi connectivity index (χ4v) is 2.73. The first-order valence-corrected chi connectivity index (χ1v) is 7.18. The number of hydrogen-bond acceptors (Lipinski definition) is 7. The van der Waals surface area contributed by atoms with Crippen LogP contribution in [0.15, 0.2) is 24.1 Å². The molecule has 1 fully saturated rings. The van der Waals surface area contributed by atoms with Crippen molar-refractivity contribution in [3.8, 4) is 5.88 Å². The van der Waals surface area contributed by atoms with Gasteiger partial charge in [0, 0.05) is 25.5 Å². The van der Waals surface area contributed by atoms with Crippen molar-refractivity contribution < 1.29 is 4.74 Å². The molecule has 0 radical (unpaired) electrons. The summed E-state index contributed by atoms with van der Waals surface area (Å²) in [5.41, 5.74) is 1.78. The van der Waals surface area contributed by atoms with E-state index in [0.717, 1.165) is 37.5 Å². The molecule has 6 nitrogen and oxygen atoms in total. The molecule has 0 atom stereocenters. The van der Waals surface area contributed by atoms with Gasteiger partial charge in [-0.1, -0.05) is 0 Å². The average molecular weight is 277 g/mol. The van der Waals surface area contributed by atoms with Crippen molar-refractivity contribution in [1.82, 2.24) is 25.1 Å². The zero-order valence-electron chi connectivity index (χ0n) is 10.5. The second-order valence-electron chi connectivity index (χ2n) is 4.47. The predicted molar refractivity (Wildman–Crippen MR) is 70.9 cm³/mol.